The molecule has 0 unspecified atom stereocenters. The topological polar surface area (TPSA) is 95.9 Å². The Kier molecular flexibility index (Phi) is 5.59. The van der Waals surface area contributed by atoms with Gasteiger partial charge in [-0.1, -0.05) is 19.3 Å². The number of ether oxygens (including phenoxy) is 1. The quantitative estimate of drug-likeness (QED) is 0.746. The molecule has 2 rings (SSSR count). The van der Waals surface area contributed by atoms with Gasteiger partial charge in [0.15, 0.2) is 0 Å². The summed E-state index contributed by atoms with van der Waals surface area (Å²) in [7, 11) is -3.55. The molecule has 0 bridgehead atoms. The van der Waals surface area contributed by atoms with Gasteiger partial charge in [-0.15, -0.1) is 0 Å². The summed E-state index contributed by atoms with van der Waals surface area (Å²) < 4.78 is 33.7. The summed E-state index contributed by atoms with van der Waals surface area (Å²) in [5.41, 5.74) is -0.441. The molecule has 2 N–H and O–H groups in total. The van der Waals surface area contributed by atoms with Crippen LogP contribution < -0.4 is 4.72 Å². The summed E-state index contributed by atoms with van der Waals surface area (Å²) in [6.45, 7) is 1.71. The number of nitrogens with one attached hydrogen (secondary N) is 1. The van der Waals surface area contributed by atoms with Crippen LogP contribution in [0.5, 0.6) is 0 Å². The molecule has 2 fully saturated rings. The van der Waals surface area contributed by atoms with Gasteiger partial charge < -0.3 is 9.84 Å². The van der Waals surface area contributed by atoms with Gasteiger partial charge in [0.2, 0.25) is 0 Å². The zero-order chi connectivity index (χ0) is 15.3. The number of morpholine rings is 1. The number of nitrogens with zero attached hydrogens (tertiary/aromatic N) is 1. The Bertz CT molecular complexity index is 453. The molecular formula is C13H24N2O5S. The molecule has 1 heterocycles. The molecule has 1 saturated carbocycles. The van der Waals surface area contributed by atoms with Crippen molar-refractivity contribution >= 4 is 16.2 Å². The highest BCUT2D eigenvalue weighted by atomic mass is 32.2. The number of hydrogen-bond acceptors (Lipinski definition) is 4. The van der Waals surface area contributed by atoms with Crippen molar-refractivity contribution in [3.63, 3.8) is 0 Å². The van der Waals surface area contributed by atoms with E-state index in [2.05, 4.69) is 4.72 Å². The molecule has 0 radical (unpaired) electrons. The monoisotopic (exact) mass is 320 g/mol. The van der Waals surface area contributed by atoms with Gasteiger partial charge in [0.1, 0.15) is 0 Å². The van der Waals surface area contributed by atoms with E-state index in [1.807, 2.05) is 0 Å². The van der Waals surface area contributed by atoms with Gasteiger partial charge in [-0.2, -0.15) is 12.7 Å². The van der Waals surface area contributed by atoms with Crippen LogP contribution in [-0.2, 0) is 19.7 Å². The Morgan fingerprint density at radius 1 is 1.19 bits per heavy atom. The van der Waals surface area contributed by atoms with E-state index in [4.69, 9.17) is 9.84 Å². The fourth-order valence-corrected chi connectivity index (χ4v) is 4.46. The van der Waals surface area contributed by atoms with Crippen LogP contribution >= 0.6 is 0 Å². The van der Waals surface area contributed by atoms with Crippen molar-refractivity contribution in [1.82, 2.24) is 9.03 Å². The highest BCUT2D eigenvalue weighted by Gasteiger charge is 2.36. The lowest BCUT2D eigenvalue weighted by molar-refractivity contribution is -0.140. The first-order valence-electron chi connectivity index (χ1n) is 7.48. The van der Waals surface area contributed by atoms with Crippen LogP contribution in [0.25, 0.3) is 0 Å². The smallest absolute Gasteiger partial charge is 0.303 e. The summed E-state index contributed by atoms with van der Waals surface area (Å²) in [6.07, 6.45) is 4.59. The Hall–Kier alpha value is -0.700. The van der Waals surface area contributed by atoms with Crippen molar-refractivity contribution in [2.45, 2.75) is 38.5 Å². The molecule has 21 heavy (non-hydrogen) atoms. The second-order valence-electron chi connectivity index (χ2n) is 5.97. The molecule has 0 aromatic heterocycles. The number of carboxylic acids is 1. The Morgan fingerprint density at radius 2 is 1.81 bits per heavy atom. The minimum absolute atomic E-state index is 0.0264. The number of carbonyl (C=O) groups is 1. The van der Waals surface area contributed by atoms with Crippen LogP contribution in [-0.4, -0.2) is 56.6 Å². The van der Waals surface area contributed by atoms with E-state index in [0.29, 0.717) is 26.3 Å². The van der Waals surface area contributed by atoms with Crippen LogP contribution in [0.2, 0.25) is 0 Å². The van der Waals surface area contributed by atoms with Crippen LogP contribution in [0.1, 0.15) is 38.5 Å². The lowest BCUT2D eigenvalue weighted by Gasteiger charge is -2.37. The van der Waals surface area contributed by atoms with Gasteiger partial charge >= 0.3 is 5.97 Å². The zero-order valence-corrected chi connectivity index (χ0v) is 13.0. The molecule has 0 aromatic carbocycles. The maximum Gasteiger partial charge on any atom is 0.303 e. The van der Waals surface area contributed by atoms with Crippen molar-refractivity contribution in [3.05, 3.63) is 0 Å². The maximum absolute atomic E-state index is 12.3. The minimum Gasteiger partial charge on any atom is -0.481 e. The lowest BCUT2D eigenvalue weighted by Crippen LogP contribution is -2.49. The SMILES string of the molecule is O=C(O)CC1(CNS(=O)(=O)N2CCOCC2)CCCCC1. The average Bonchev–Trinajstić information content (AvgIpc) is 2.47. The predicted octanol–water partition coefficient (Wildman–Crippen LogP) is 0.578. The van der Waals surface area contributed by atoms with Gasteiger partial charge in [0.25, 0.3) is 10.2 Å². The molecule has 0 atom stereocenters. The normalized spacial score (nSPS) is 23.8. The van der Waals surface area contributed by atoms with Crippen LogP contribution in [0.15, 0.2) is 0 Å². The predicted molar refractivity (Wildman–Crippen MR) is 77.1 cm³/mol. The zero-order valence-electron chi connectivity index (χ0n) is 12.2. The fraction of sp³-hybridized carbons (Fsp3) is 0.923. The van der Waals surface area contributed by atoms with Crippen molar-refractivity contribution in [3.8, 4) is 0 Å². The third-order valence-corrected chi connectivity index (χ3v) is 5.93. The summed E-state index contributed by atoms with van der Waals surface area (Å²) in [6, 6.07) is 0. The first kappa shape index (κ1) is 16.7. The fourth-order valence-electron chi connectivity index (χ4n) is 3.16. The summed E-state index contributed by atoms with van der Waals surface area (Å²) in [5.74, 6) is -0.859. The molecule has 1 aliphatic heterocycles. The van der Waals surface area contributed by atoms with Gasteiger partial charge in [0, 0.05) is 19.6 Å². The molecule has 0 aromatic rings. The summed E-state index contributed by atoms with van der Waals surface area (Å²) in [5, 5.41) is 9.10. The van der Waals surface area contributed by atoms with Gasteiger partial charge in [-0.05, 0) is 18.3 Å². The summed E-state index contributed by atoms with van der Waals surface area (Å²) >= 11 is 0. The molecule has 7 nitrogen and oxygen atoms in total. The molecule has 1 saturated heterocycles. The van der Waals surface area contributed by atoms with Crippen molar-refractivity contribution in [2.75, 3.05) is 32.8 Å². The van der Waals surface area contributed by atoms with Crippen molar-refractivity contribution < 1.29 is 23.1 Å². The first-order valence-corrected chi connectivity index (χ1v) is 8.92. The Labute approximate surface area is 125 Å². The van der Waals surface area contributed by atoms with E-state index < -0.39 is 21.6 Å². The molecule has 2 aliphatic rings. The van der Waals surface area contributed by atoms with E-state index in [0.717, 1.165) is 32.1 Å². The first-order chi connectivity index (χ1) is 9.94. The van der Waals surface area contributed by atoms with E-state index >= 15 is 0 Å². The summed E-state index contributed by atoms with van der Waals surface area (Å²) in [4.78, 5) is 11.1. The van der Waals surface area contributed by atoms with E-state index in [-0.39, 0.29) is 13.0 Å². The van der Waals surface area contributed by atoms with Gasteiger partial charge in [0.05, 0.1) is 19.6 Å². The molecule has 8 heteroatoms. The van der Waals surface area contributed by atoms with Crippen LogP contribution in [0.4, 0.5) is 0 Å². The van der Waals surface area contributed by atoms with Gasteiger partial charge in [-0.25, -0.2) is 4.72 Å². The van der Waals surface area contributed by atoms with Crippen molar-refractivity contribution in [2.24, 2.45) is 5.41 Å². The Morgan fingerprint density at radius 3 is 2.38 bits per heavy atom. The van der Waals surface area contributed by atoms with E-state index in [9.17, 15) is 13.2 Å². The lowest BCUT2D eigenvalue weighted by atomic mass is 9.72. The highest BCUT2D eigenvalue weighted by Crippen LogP contribution is 2.39. The van der Waals surface area contributed by atoms with Crippen LogP contribution in [0.3, 0.4) is 0 Å². The second-order valence-corrected chi connectivity index (χ2v) is 7.72. The number of aliphatic carboxylic acids is 1. The third-order valence-electron chi connectivity index (χ3n) is 4.38. The van der Waals surface area contributed by atoms with Gasteiger partial charge in [-0.3, -0.25) is 4.79 Å². The molecule has 1 aliphatic carbocycles. The number of rotatable bonds is 6. The highest BCUT2D eigenvalue weighted by molar-refractivity contribution is 7.87. The maximum atomic E-state index is 12.3. The second kappa shape index (κ2) is 7.04. The number of carboxylic acid groups (broad SMARTS) is 1. The van der Waals surface area contributed by atoms with E-state index in [1.165, 1.54) is 4.31 Å². The third kappa shape index (κ3) is 4.64. The van der Waals surface area contributed by atoms with E-state index in [1.54, 1.807) is 0 Å². The average molecular weight is 320 g/mol. The molecule has 0 spiro atoms. The molecule has 0 amide bonds. The largest absolute Gasteiger partial charge is 0.481 e. The molecule has 122 valence electrons. The minimum atomic E-state index is -3.55. The number of hydrogen-bond donors (Lipinski definition) is 2. The van der Waals surface area contributed by atoms with Crippen molar-refractivity contribution in [1.29, 1.82) is 0 Å². The molecular weight excluding hydrogens is 296 g/mol. The van der Waals surface area contributed by atoms with Crippen LogP contribution in [0, 0.1) is 5.41 Å². The standard InChI is InChI=1S/C13H24N2O5S/c16-12(17)10-13(4-2-1-3-5-13)11-14-21(18,19)15-6-8-20-9-7-15/h14H,1-11H2,(H,16,17). The Balaban J connectivity index is 1.98.